The molecule has 0 aromatic rings. The van der Waals surface area contributed by atoms with E-state index in [0.717, 1.165) is 141 Å². The molecule has 0 aromatic heterocycles. The van der Waals surface area contributed by atoms with Crippen LogP contribution in [-0.2, 0) is 55.8 Å². The number of hydrogen-bond acceptors (Lipinski definition) is 14. The zero-order valence-electron chi connectivity index (χ0n) is 77.2. The van der Waals surface area contributed by atoms with E-state index >= 15 is 0 Å². The van der Waals surface area contributed by atoms with Crippen LogP contribution in [0.15, 0.2) is 146 Å². The molecule has 0 saturated heterocycles. The van der Waals surface area contributed by atoms with Crippen molar-refractivity contribution in [3.8, 4) is 0 Å². The fourth-order valence-corrected chi connectivity index (χ4v) is 15.2. The topological polar surface area (TPSA) is 231 Å². The van der Waals surface area contributed by atoms with Gasteiger partial charge in [-0.1, -0.05) is 411 Å². The first-order valence-electron chi connectivity index (χ1n) is 49.1. The number of rotatable bonds is 93. The molecule has 0 amide bonds. The SMILES string of the molecule is CC/C=C\C/C=C\C/C=C\C/C=C\C/C=C\C/C=C\CCCCCCCCCCCCCCCCCCC(=O)OCC(O)COP(=O)(O)OCC(O)COP(=O)(O)OCC(COC(=O)CCCCCCCCCCCCCCCCCCCCC/C=C\C/C=C\C/C=C\C/C=C\CCCCC)OC(=O)CCCCCCC/C=C\C/C=C\CCCCC. The molecule has 5 atom stereocenters. The Morgan fingerprint density at radius 1 is 0.240 bits per heavy atom. The van der Waals surface area contributed by atoms with Crippen molar-refractivity contribution in [2.24, 2.45) is 0 Å². The number of esters is 3. The van der Waals surface area contributed by atoms with Crippen LogP contribution in [0, 0.1) is 0 Å². The van der Waals surface area contributed by atoms with Crippen LogP contribution >= 0.6 is 15.6 Å². The number of ether oxygens (including phenoxy) is 3. The number of hydrogen-bond donors (Lipinski definition) is 4. The highest BCUT2D eigenvalue weighted by molar-refractivity contribution is 7.47. The maximum atomic E-state index is 13.0. The molecule has 5 unspecified atom stereocenters. The predicted molar refractivity (Wildman–Crippen MR) is 509 cm³/mol. The summed E-state index contributed by atoms with van der Waals surface area (Å²) in [7, 11) is -9.81. The molecule has 121 heavy (non-hydrogen) atoms. The van der Waals surface area contributed by atoms with Crippen molar-refractivity contribution in [1.82, 2.24) is 0 Å². The van der Waals surface area contributed by atoms with Crippen LogP contribution in [-0.4, -0.2) is 95.9 Å². The second-order valence-corrected chi connectivity index (χ2v) is 35.7. The first kappa shape index (κ1) is 116. The van der Waals surface area contributed by atoms with Crippen LogP contribution < -0.4 is 0 Å². The first-order valence-corrected chi connectivity index (χ1v) is 52.1. The van der Waals surface area contributed by atoms with E-state index < -0.39 is 91.5 Å². The van der Waals surface area contributed by atoms with Gasteiger partial charge in [0.05, 0.1) is 26.4 Å². The zero-order chi connectivity index (χ0) is 87.9. The van der Waals surface area contributed by atoms with E-state index in [1.165, 1.54) is 231 Å². The third-order valence-electron chi connectivity index (χ3n) is 21.0. The van der Waals surface area contributed by atoms with Crippen molar-refractivity contribution in [2.75, 3.05) is 39.6 Å². The molecule has 0 heterocycles. The summed E-state index contributed by atoms with van der Waals surface area (Å²) in [6.45, 7) is 2.56. The number of aliphatic hydroxyl groups excluding tert-OH is 2. The van der Waals surface area contributed by atoms with Gasteiger partial charge < -0.3 is 34.2 Å². The van der Waals surface area contributed by atoms with E-state index in [1.807, 2.05) is 0 Å². The van der Waals surface area contributed by atoms with Crippen molar-refractivity contribution in [3.05, 3.63) is 146 Å². The minimum atomic E-state index is -4.94. The Labute approximate surface area is 740 Å². The Morgan fingerprint density at radius 2 is 0.438 bits per heavy atom. The van der Waals surface area contributed by atoms with Gasteiger partial charge in [0.15, 0.2) is 6.10 Å². The number of phosphoric acid groups is 2. The maximum absolute atomic E-state index is 13.0. The first-order chi connectivity index (χ1) is 59.2. The van der Waals surface area contributed by atoms with Gasteiger partial charge in [-0.25, -0.2) is 9.13 Å². The van der Waals surface area contributed by atoms with Gasteiger partial charge in [-0.2, -0.15) is 0 Å². The summed E-state index contributed by atoms with van der Waals surface area (Å²) in [5, 5.41) is 20.7. The average Bonchev–Trinajstić information content (AvgIpc) is 0.890. The number of unbranched alkanes of at least 4 members (excludes halogenated alkanes) is 46. The largest absolute Gasteiger partial charge is 0.472 e. The molecule has 0 aliphatic carbocycles. The third-order valence-corrected chi connectivity index (χ3v) is 22.9. The van der Waals surface area contributed by atoms with Crippen molar-refractivity contribution in [3.63, 3.8) is 0 Å². The van der Waals surface area contributed by atoms with E-state index in [-0.39, 0.29) is 19.3 Å². The summed E-state index contributed by atoms with van der Waals surface area (Å²) in [5.41, 5.74) is 0. The molecule has 0 saturated carbocycles. The second kappa shape index (κ2) is 94.6. The standard InChI is InChI=1S/C103H180O16P2/c1-4-7-10-13-16-19-22-25-28-30-32-34-36-38-40-42-44-46-48-50-52-54-56-58-60-62-64-66-69-71-74-77-80-83-86-89-101(106)113-92-98(104)93-115-120(109,110)116-94-99(105)95-117-121(111,112)118-97-100(119-103(108)91-88-85-82-79-76-73-68-27-24-21-18-15-12-9-6-3)96-114-102(107)90-87-84-81-78-75-72-70-67-65-63-61-59-57-55-53-51-49-47-45-43-41-39-37-35-33-31-29-26-23-20-17-14-11-8-5-2/h7,10,16-21,25-29,32-35,38-41,44,46,68,98-100,104-105H,4-6,8-9,11-15,22-24,30-31,36-37,42-43,45,47-67,69-97H2,1-3H3,(H,109,110)(H,111,112)/b10-7-,19-16-,20-17-,21-18-,28-25-,29-26-,34-32-,35-33-,40-38-,41-39-,46-44-,68-27-. The monoisotopic (exact) mass is 1740 g/mol. The van der Waals surface area contributed by atoms with Crippen molar-refractivity contribution in [2.45, 2.75) is 450 Å². The molecule has 0 aliphatic rings. The lowest BCUT2D eigenvalue weighted by molar-refractivity contribution is -0.161. The summed E-state index contributed by atoms with van der Waals surface area (Å²) in [6, 6.07) is 0. The molecule has 0 spiro atoms. The Balaban J connectivity index is 4.40. The van der Waals surface area contributed by atoms with E-state index in [2.05, 4.69) is 167 Å². The molecule has 0 rings (SSSR count). The minimum Gasteiger partial charge on any atom is -0.463 e. The summed E-state index contributed by atoms with van der Waals surface area (Å²) >= 11 is 0. The zero-order valence-corrected chi connectivity index (χ0v) is 79.0. The highest BCUT2D eigenvalue weighted by atomic mass is 31.2. The van der Waals surface area contributed by atoms with Gasteiger partial charge in [0.2, 0.25) is 0 Å². The maximum Gasteiger partial charge on any atom is 0.472 e. The highest BCUT2D eigenvalue weighted by Crippen LogP contribution is 2.45. The van der Waals surface area contributed by atoms with Gasteiger partial charge in [0, 0.05) is 19.3 Å². The van der Waals surface area contributed by atoms with Crippen LogP contribution in [0.25, 0.3) is 0 Å². The quantitative estimate of drug-likeness (QED) is 0.0146. The third kappa shape index (κ3) is 95.9. The normalized spacial score (nSPS) is 14.3. The molecule has 0 radical (unpaired) electrons. The number of carbonyl (C=O) groups excluding carboxylic acids is 3. The Bertz CT molecular complexity index is 2780. The Hall–Kier alpha value is -4.57. The van der Waals surface area contributed by atoms with E-state index in [0.29, 0.717) is 19.3 Å². The molecule has 698 valence electrons. The van der Waals surface area contributed by atoms with E-state index in [4.69, 9.17) is 32.3 Å². The minimum absolute atomic E-state index is 0.0896. The van der Waals surface area contributed by atoms with Crippen LogP contribution in [0.2, 0.25) is 0 Å². The van der Waals surface area contributed by atoms with Gasteiger partial charge in [0.25, 0.3) is 0 Å². The van der Waals surface area contributed by atoms with Gasteiger partial charge in [-0.15, -0.1) is 0 Å². The number of allylic oxidation sites excluding steroid dienone is 24. The lowest BCUT2D eigenvalue weighted by atomic mass is 10.0. The molecule has 0 bridgehead atoms. The van der Waals surface area contributed by atoms with Crippen molar-refractivity contribution in [1.29, 1.82) is 0 Å². The fourth-order valence-electron chi connectivity index (χ4n) is 13.6. The summed E-state index contributed by atoms with van der Waals surface area (Å²) < 4.78 is 61.5. The summed E-state index contributed by atoms with van der Waals surface area (Å²) in [4.78, 5) is 59.0. The molecule has 0 aromatic carbocycles. The highest BCUT2D eigenvalue weighted by Gasteiger charge is 2.30. The smallest absolute Gasteiger partial charge is 0.463 e. The van der Waals surface area contributed by atoms with E-state index in [9.17, 15) is 43.5 Å². The molecule has 18 heteroatoms. The number of phosphoric ester groups is 2. The Kier molecular flexibility index (Phi) is 91.0. The Morgan fingerprint density at radius 3 is 0.694 bits per heavy atom. The summed E-state index contributed by atoms with van der Waals surface area (Å²) in [6.07, 6.45) is 121. The lowest BCUT2D eigenvalue weighted by Crippen LogP contribution is -2.30. The molecule has 0 aliphatic heterocycles. The molecule has 4 N–H and O–H groups in total. The lowest BCUT2D eigenvalue weighted by Gasteiger charge is -2.21. The van der Waals surface area contributed by atoms with Crippen LogP contribution in [0.3, 0.4) is 0 Å². The van der Waals surface area contributed by atoms with Crippen LogP contribution in [0.4, 0.5) is 0 Å². The van der Waals surface area contributed by atoms with Gasteiger partial charge in [-0.05, 0) is 148 Å². The van der Waals surface area contributed by atoms with Crippen molar-refractivity contribution < 1.29 is 75.8 Å². The van der Waals surface area contributed by atoms with Gasteiger partial charge in [-0.3, -0.25) is 32.5 Å². The van der Waals surface area contributed by atoms with Gasteiger partial charge >= 0.3 is 33.6 Å². The average molecular weight is 1740 g/mol. The molecule has 16 nitrogen and oxygen atoms in total. The fraction of sp³-hybridized carbons (Fsp3) is 0.738. The molecular weight excluding hydrogens is 1560 g/mol. The van der Waals surface area contributed by atoms with Gasteiger partial charge in [0.1, 0.15) is 25.4 Å². The van der Waals surface area contributed by atoms with Crippen LogP contribution in [0.5, 0.6) is 0 Å². The number of aliphatic hydroxyl groups is 2. The summed E-state index contributed by atoms with van der Waals surface area (Å²) in [5.74, 6) is -1.57. The molecular formula is C103H180O16P2. The molecule has 0 fully saturated rings. The second-order valence-electron chi connectivity index (χ2n) is 32.8. The predicted octanol–water partition coefficient (Wildman–Crippen LogP) is 30.7. The number of carbonyl (C=O) groups is 3. The van der Waals surface area contributed by atoms with Crippen molar-refractivity contribution >= 4 is 33.6 Å². The van der Waals surface area contributed by atoms with Crippen LogP contribution in [0.1, 0.15) is 432 Å². The van der Waals surface area contributed by atoms with E-state index in [1.54, 1.807) is 0 Å².